The summed E-state index contributed by atoms with van der Waals surface area (Å²) in [5.41, 5.74) is 2.30. The molecule has 0 amide bonds. The van der Waals surface area contributed by atoms with Crippen LogP contribution in [0, 0.1) is 46.3 Å². The van der Waals surface area contributed by atoms with E-state index in [1.165, 1.54) is 51.4 Å². The molecule has 0 heterocycles. The normalized spacial score (nSPS) is 32.1. The number of carbonyl (C=O) groups excluding carboxylic acids is 1. The number of unbranched alkanes of at least 4 members (excludes halogenated alkanes) is 5. The average Bonchev–Trinajstić information content (AvgIpc) is 3.38. The van der Waals surface area contributed by atoms with Gasteiger partial charge in [-0.1, -0.05) is 91.2 Å². The van der Waals surface area contributed by atoms with Gasteiger partial charge in [-0.3, -0.25) is 9.05 Å². The molecule has 0 aromatic rings. The molecule has 2 N–H and O–H groups in total. The van der Waals surface area contributed by atoms with Crippen LogP contribution in [0.2, 0.25) is 0 Å². The molecule has 0 saturated heterocycles. The Labute approximate surface area is 311 Å². The number of nitrogens with zero attached hydrogens (tertiary/aromatic N) is 1. The molecule has 298 valence electrons. The molecule has 4 rings (SSSR count). The van der Waals surface area contributed by atoms with Crippen molar-refractivity contribution >= 4 is 14.0 Å². The molecule has 0 radical (unpaired) electrons. The third kappa shape index (κ3) is 12.5. The van der Waals surface area contributed by atoms with E-state index in [1.54, 1.807) is 5.57 Å². The molecule has 9 atom stereocenters. The van der Waals surface area contributed by atoms with Gasteiger partial charge < -0.3 is 24.3 Å². The van der Waals surface area contributed by atoms with Crippen LogP contribution in [0.4, 0.5) is 4.79 Å². The van der Waals surface area contributed by atoms with Crippen LogP contribution in [0.5, 0.6) is 0 Å². The Kier molecular flexibility index (Phi) is 17.1. The minimum absolute atomic E-state index is 0. The van der Waals surface area contributed by atoms with Crippen LogP contribution in [0.1, 0.15) is 144 Å². The first-order valence-corrected chi connectivity index (χ1v) is 22.0. The molecule has 0 spiro atoms. The van der Waals surface area contributed by atoms with Crippen LogP contribution < -0.4 is 0 Å². The van der Waals surface area contributed by atoms with Crippen molar-refractivity contribution in [1.29, 1.82) is 0 Å². The molecule has 10 heteroatoms. The summed E-state index contributed by atoms with van der Waals surface area (Å²) >= 11 is 0. The molecule has 3 saturated carbocycles. The second-order valence-corrected chi connectivity index (χ2v) is 20.1. The highest BCUT2D eigenvalue weighted by molar-refractivity contribution is 7.47. The summed E-state index contributed by atoms with van der Waals surface area (Å²) in [7, 11) is 2.02. The largest absolute Gasteiger partial charge is 0.870 e. The van der Waals surface area contributed by atoms with Crippen LogP contribution in [0.3, 0.4) is 0 Å². The number of likely N-dealkylation sites (N-methyl/N-ethyl adjacent to an activating group) is 1. The van der Waals surface area contributed by atoms with Gasteiger partial charge in [0, 0.05) is 6.42 Å². The molecular formula is C41H76NO8P. The fraction of sp³-hybridized carbons (Fsp3) is 0.927. The molecule has 0 bridgehead atoms. The second kappa shape index (κ2) is 19.6. The van der Waals surface area contributed by atoms with Gasteiger partial charge in [0.05, 0.1) is 34.4 Å². The number of hydrogen-bond acceptors (Lipinski definition) is 7. The highest BCUT2D eigenvalue weighted by Gasteiger charge is 2.59. The summed E-state index contributed by atoms with van der Waals surface area (Å²) in [5, 5.41) is 0. The summed E-state index contributed by atoms with van der Waals surface area (Å²) in [6.07, 6.45) is 21.3. The highest BCUT2D eigenvalue weighted by atomic mass is 31.2. The van der Waals surface area contributed by atoms with Crippen molar-refractivity contribution in [3.05, 3.63) is 11.6 Å². The Morgan fingerprint density at radius 3 is 2.24 bits per heavy atom. The number of quaternary nitrogens is 1. The second-order valence-electron chi connectivity index (χ2n) is 18.6. The van der Waals surface area contributed by atoms with E-state index in [1.807, 2.05) is 21.1 Å². The Hall–Kier alpha value is -0.960. The first-order valence-electron chi connectivity index (χ1n) is 20.5. The number of phosphoric acid groups is 1. The third-order valence-electron chi connectivity index (χ3n) is 13.6. The van der Waals surface area contributed by atoms with Gasteiger partial charge in [0.15, 0.2) is 0 Å². The number of fused-ring (bicyclic) bond motifs is 5. The van der Waals surface area contributed by atoms with E-state index in [4.69, 9.17) is 18.5 Å². The van der Waals surface area contributed by atoms with E-state index in [0.29, 0.717) is 29.5 Å². The maximum atomic E-state index is 12.6. The molecule has 3 fully saturated rings. The van der Waals surface area contributed by atoms with Crippen LogP contribution >= 0.6 is 7.82 Å². The smallest absolute Gasteiger partial charge is 0.508 e. The molecule has 4 aliphatic rings. The van der Waals surface area contributed by atoms with Crippen molar-refractivity contribution in [3.63, 3.8) is 0 Å². The quantitative estimate of drug-likeness (QED) is 0.0430. The fourth-order valence-corrected chi connectivity index (χ4v) is 11.4. The first kappa shape index (κ1) is 44.4. The zero-order valence-electron chi connectivity index (χ0n) is 33.7. The minimum atomic E-state index is -3.98. The Morgan fingerprint density at radius 2 is 1.55 bits per heavy atom. The maximum Gasteiger partial charge on any atom is 0.508 e. The third-order valence-corrected chi connectivity index (χ3v) is 14.6. The molecule has 51 heavy (non-hydrogen) atoms. The van der Waals surface area contributed by atoms with Crippen molar-refractivity contribution in [2.24, 2.45) is 46.3 Å². The van der Waals surface area contributed by atoms with E-state index < -0.39 is 14.0 Å². The van der Waals surface area contributed by atoms with Gasteiger partial charge in [-0.05, 0) is 104 Å². The standard InChI is InChI=1S/C41H74NO7P.H2O/c1-31(2)16-15-17-32(3)36-20-21-37-35-19-18-33-30-34(22-24-40(33,4)38(35)23-25-41(36,37)5)49-39(43)46-27-13-11-9-10-12-14-28-47-50(44,45)48-29-26-42(6,7)8;/h18,31-32,34-38H,9-17,19-30H2,1-8H3;1H2/t32-,34+,35?,36-,37?,38?,40+,41-;/m1./s1. The number of hydrogen-bond donors (Lipinski definition) is 1. The lowest BCUT2D eigenvalue weighted by Gasteiger charge is -2.58. The minimum Gasteiger partial charge on any atom is -0.870 e. The summed E-state index contributed by atoms with van der Waals surface area (Å²) < 4.78 is 34.1. The predicted molar refractivity (Wildman–Crippen MR) is 204 cm³/mol. The van der Waals surface area contributed by atoms with Crippen molar-refractivity contribution in [2.75, 3.05) is 47.5 Å². The van der Waals surface area contributed by atoms with E-state index in [9.17, 15) is 14.3 Å². The Bertz CT molecular complexity index is 1150. The van der Waals surface area contributed by atoms with Crippen LogP contribution in [-0.2, 0) is 23.1 Å². The monoisotopic (exact) mass is 742 g/mol. The summed E-state index contributed by atoms with van der Waals surface area (Å²) in [6, 6.07) is 0. The summed E-state index contributed by atoms with van der Waals surface area (Å²) in [6.45, 7) is 13.9. The van der Waals surface area contributed by atoms with Crippen molar-refractivity contribution < 1.29 is 42.7 Å². The topological polar surface area (TPSA) is 121 Å². The average molecular weight is 742 g/mol. The van der Waals surface area contributed by atoms with E-state index >= 15 is 0 Å². The van der Waals surface area contributed by atoms with Gasteiger partial charge in [-0.2, -0.15) is 0 Å². The van der Waals surface area contributed by atoms with Gasteiger partial charge in [-0.15, -0.1) is 0 Å². The summed E-state index contributed by atoms with van der Waals surface area (Å²) in [4.78, 5) is 22.4. The Balaban J connectivity index is 0.00000702. The first-order chi connectivity index (χ1) is 23.5. The predicted octanol–water partition coefficient (Wildman–Crippen LogP) is 10.6. The van der Waals surface area contributed by atoms with Gasteiger partial charge in [-0.25, -0.2) is 9.36 Å². The van der Waals surface area contributed by atoms with E-state index in [-0.39, 0.29) is 30.2 Å². The lowest BCUT2D eigenvalue weighted by atomic mass is 9.47. The molecule has 0 aliphatic heterocycles. The molecule has 0 aromatic carbocycles. The van der Waals surface area contributed by atoms with Gasteiger partial charge in [0.1, 0.15) is 19.3 Å². The zero-order valence-corrected chi connectivity index (χ0v) is 34.6. The lowest BCUT2D eigenvalue weighted by Crippen LogP contribution is -2.51. The van der Waals surface area contributed by atoms with Gasteiger partial charge >= 0.3 is 14.0 Å². The number of phosphoric ester groups is 1. The Morgan fingerprint density at radius 1 is 0.882 bits per heavy atom. The van der Waals surface area contributed by atoms with Crippen molar-refractivity contribution in [2.45, 2.75) is 150 Å². The number of carbonyl (C=O) groups is 1. The number of rotatable bonds is 20. The molecular weight excluding hydrogens is 665 g/mol. The van der Waals surface area contributed by atoms with Crippen molar-refractivity contribution in [3.8, 4) is 0 Å². The SMILES string of the molecule is CC(C)CCC[C@@H](C)[C@H]1CCC2C3CC=C4C[C@@H](OC(=O)OCCCCCCCCOP(=O)(O)OCC[N+](C)(C)C)CC[C@]4(C)C3CC[C@@]21C.[OH-]. The molecule has 4 unspecified atom stereocenters. The maximum absolute atomic E-state index is 12.6. The highest BCUT2D eigenvalue weighted by Crippen LogP contribution is 2.67. The van der Waals surface area contributed by atoms with Crippen LogP contribution in [-0.4, -0.2) is 74.6 Å². The van der Waals surface area contributed by atoms with E-state index in [2.05, 4.69) is 40.7 Å². The van der Waals surface area contributed by atoms with Crippen LogP contribution in [0.15, 0.2) is 11.6 Å². The summed E-state index contributed by atoms with van der Waals surface area (Å²) in [5.74, 6) is 4.98. The number of ether oxygens (including phenoxy) is 2. The molecule has 9 nitrogen and oxygen atoms in total. The zero-order chi connectivity index (χ0) is 36.6. The molecule has 0 aromatic heterocycles. The lowest BCUT2D eigenvalue weighted by molar-refractivity contribution is -0.870. The van der Waals surface area contributed by atoms with Gasteiger partial charge in [0.25, 0.3) is 0 Å². The van der Waals surface area contributed by atoms with Crippen molar-refractivity contribution in [1.82, 2.24) is 0 Å². The van der Waals surface area contributed by atoms with E-state index in [0.717, 1.165) is 86.9 Å². The van der Waals surface area contributed by atoms with Crippen LogP contribution in [0.25, 0.3) is 0 Å². The van der Waals surface area contributed by atoms with Gasteiger partial charge in [0.2, 0.25) is 0 Å². The molecule has 4 aliphatic carbocycles. The fourth-order valence-electron chi connectivity index (χ4n) is 10.6. The number of allylic oxidation sites excluding steroid dienone is 1.